The van der Waals surface area contributed by atoms with Crippen LogP contribution in [0.3, 0.4) is 0 Å². The maximum absolute atomic E-state index is 11.8. The minimum Gasteiger partial charge on any atom is -0.493 e. The quantitative estimate of drug-likeness (QED) is 0.831. The van der Waals surface area contributed by atoms with E-state index < -0.39 is 0 Å². The molecule has 1 aromatic rings. The van der Waals surface area contributed by atoms with Gasteiger partial charge in [0, 0.05) is 12.1 Å². The van der Waals surface area contributed by atoms with E-state index >= 15 is 0 Å². The molecular weight excluding hydrogens is 333 g/mol. The van der Waals surface area contributed by atoms with Gasteiger partial charge in [0.1, 0.15) is 0 Å². The van der Waals surface area contributed by atoms with Crippen molar-refractivity contribution in [3.8, 4) is 11.5 Å². The molecule has 0 spiro atoms. The number of halogens is 1. The molecule has 17 heavy (non-hydrogen) atoms. The van der Waals surface area contributed by atoms with Crippen molar-refractivity contribution in [2.75, 3.05) is 20.8 Å². The molecule has 0 radical (unpaired) electrons. The molecule has 0 aromatic heterocycles. The van der Waals surface area contributed by atoms with Crippen molar-refractivity contribution in [1.29, 1.82) is 0 Å². The second-order valence-corrected chi connectivity index (χ2v) is 4.61. The monoisotopic (exact) mass is 349 g/mol. The predicted octanol–water partition coefficient (Wildman–Crippen LogP) is 2.45. The van der Waals surface area contributed by atoms with Gasteiger partial charge in [-0.25, -0.2) is 0 Å². The number of nitrogens with one attached hydrogen (secondary N) is 1. The van der Waals surface area contributed by atoms with Crippen LogP contribution in [-0.2, 0) is 0 Å². The molecule has 0 aliphatic rings. The summed E-state index contributed by atoms with van der Waals surface area (Å²) in [5.74, 6) is 1.13. The number of carbonyl (C=O) groups is 1. The van der Waals surface area contributed by atoms with E-state index in [1.165, 1.54) is 0 Å². The van der Waals surface area contributed by atoms with E-state index in [9.17, 15) is 4.79 Å². The third-order valence-corrected chi connectivity index (χ3v) is 3.03. The molecule has 0 saturated carbocycles. The van der Waals surface area contributed by atoms with E-state index in [0.29, 0.717) is 23.6 Å². The Kier molecular flexibility index (Phi) is 5.54. The van der Waals surface area contributed by atoms with Gasteiger partial charge in [-0.3, -0.25) is 4.79 Å². The summed E-state index contributed by atoms with van der Waals surface area (Å²) in [6.45, 7) is 2.68. The molecular formula is C12H16INO3. The number of amides is 1. The van der Waals surface area contributed by atoms with Crippen molar-refractivity contribution in [3.63, 3.8) is 0 Å². The van der Waals surface area contributed by atoms with Gasteiger partial charge in [-0.05, 0) is 41.1 Å². The van der Waals surface area contributed by atoms with Gasteiger partial charge >= 0.3 is 0 Å². The molecule has 5 heteroatoms. The number of benzene rings is 1. The predicted molar refractivity (Wildman–Crippen MR) is 74.9 cm³/mol. The van der Waals surface area contributed by atoms with Crippen molar-refractivity contribution >= 4 is 28.5 Å². The molecule has 0 saturated heterocycles. The maximum atomic E-state index is 11.8. The molecule has 4 nitrogen and oxygen atoms in total. The van der Waals surface area contributed by atoms with E-state index in [-0.39, 0.29) is 5.91 Å². The fourth-order valence-electron chi connectivity index (χ4n) is 1.39. The molecule has 1 rings (SSSR count). The normalized spacial score (nSPS) is 9.88. The lowest BCUT2D eigenvalue weighted by molar-refractivity contribution is 0.0953. The number of carbonyl (C=O) groups excluding carboxylic acids is 1. The van der Waals surface area contributed by atoms with Crippen molar-refractivity contribution in [1.82, 2.24) is 5.32 Å². The average Bonchev–Trinajstić information content (AvgIpc) is 2.34. The fourth-order valence-corrected chi connectivity index (χ4v) is 2.21. The van der Waals surface area contributed by atoms with Crippen LogP contribution in [-0.4, -0.2) is 26.7 Å². The number of hydrogen-bond acceptors (Lipinski definition) is 3. The third kappa shape index (κ3) is 3.49. The Hall–Kier alpha value is -0.980. The summed E-state index contributed by atoms with van der Waals surface area (Å²) in [5, 5.41) is 2.83. The van der Waals surface area contributed by atoms with Crippen LogP contribution in [0.1, 0.15) is 23.7 Å². The molecule has 94 valence electrons. The van der Waals surface area contributed by atoms with E-state index in [4.69, 9.17) is 9.47 Å². The van der Waals surface area contributed by atoms with Crippen LogP contribution in [0.4, 0.5) is 0 Å². The highest BCUT2D eigenvalue weighted by atomic mass is 127. The van der Waals surface area contributed by atoms with Crippen LogP contribution in [0.2, 0.25) is 0 Å². The second kappa shape index (κ2) is 6.68. The Bertz CT molecular complexity index is 407. The first-order chi connectivity index (χ1) is 8.13. The van der Waals surface area contributed by atoms with Crippen molar-refractivity contribution in [3.05, 3.63) is 21.3 Å². The van der Waals surface area contributed by atoms with Crippen LogP contribution >= 0.6 is 22.6 Å². The molecule has 1 aromatic carbocycles. The molecule has 0 aliphatic heterocycles. The summed E-state index contributed by atoms with van der Waals surface area (Å²) < 4.78 is 11.3. The van der Waals surface area contributed by atoms with Crippen molar-refractivity contribution < 1.29 is 14.3 Å². The summed E-state index contributed by atoms with van der Waals surface area (Å²) in [5.41, 5.74) is 0.584. The highest BCUT2D eigenvalue weighted by molar-refractivity contribution is 14.1. The molecule has 0 atom stereocenters. The molecule has 1 amide bonds. The Morgan fingerprint density at radius 2 is 2.06 bits per heavy atom. The minimum atomic E-state index is -0.0919. The van der Waals surface area contributed by atoms with Crippen molar-refractivity contribution in [2.24, 2.45) is 0 Å². The highest BCUT2D eigenvalue weighted by Crippen LogP contribution is 2.33. The number of methoxy groups -OCH3 is 2. The summed E-state index contributed by atoms with van der Waals surface area (Å²) in [6.07, 6.45) is 0.913. The molecule has 0 bridgehead atoms. The van der Waals surface area contributed by atoms with Crippen LogP contribution in [0.25, 0.3) is 0 Å². The SMILES string of the molecule is CCCNC(=O)c1cc(I)c(OC)c(OC)c1. The average molecular weight is 349 g/mol. The number of rotatable bonds is 5. The van der Waals surface area contributed by atoms with Crippen LogP contribution in [0, 0.1) is 3.57 Å². The zero-order chi connectivity index (χ0) is 12.8. The summed E-state index contributed by atoms with van der Waals surface area (Å²) in [7, 11) is 3.14. The van der Waals surface area contributed by atoms with E-state index in [0.717, 1.165) is 9.99 Å². The lowest BCUT2D eigenvalue weighted by Crippen LogP contribution is -2.24. The van der Waals surface area contributed by atoms with E-state index in [1.807, 2.05) is 6.92 Å². The minimum absolute atomic E-state index is 0.0919. The maximum Gasteiger partial charge on any atom is 0.251 e. The van der Waals surface area contributed by atoms with Gasteiger partial charge < -0.3 is 14.8 Å². The van der Waals surface area contributed by atoms with Gasteiger partial charge in [0.05, 0.1) is 17.8 Å². The smallest absolute Gasteiger partial charge is 0.251 e. The molecule has 0 heterocycles. The summed E-state index contributed by atoms with van der Waals surface area (Å²) >= 11 is 2.12. The number of ether oxygens (including phenoxy) is 2. The van der Waals surface area contributed by atoms with Crippen LogP contribution < -0.4 is 14.8 Å². The van der Waals surface area contributed by atoms with Gasteiger partial charge in [0.25, 0.3) is 5.91 Å². The first-order valence-electron chi connectivity index (χ1n) is 5.33. The van der Waals surface area contributed by atoms with Gasteiger partial charge in [0.2, 0.25) is 0 Å². The topological polar surface area (TPSA) is 47.6 Å². The zero-order valence-corrected chi connectivity index (χ0v) is 12.3. The van der Waals surface area contributed by atoms with Crippen LogP contribution in [0.15, 0.2) is 12.1 Å². The summed E-state index contributed by atoms with van der Waals surface area (Å²) in [4.78, 5) is 11.8. The van der Waals surface area contributed by atoms with Gasteiger partial charge in [-0.2, -0.15) is 0 Å². The zero-order valence-electron chi connectivity index (χ0n) is 10.2. The first kappa shape index (κ1) is 14.1. The van der Waals surface area contributed by atoms with E-state index in [1.54, 1.807) is 26.4 Å². The second-order valence-electron chi connectivity index (χ2n) is 3.45. The standard InChI is InChI=1S/C12H16INO3/c1-4-5-14-12(15)8-6-9(13)11(17-3)10(7-8)16-2/h6-7H,4-5H2,1-3H3,(H,14,15). The van der Waals surface area contributed by atoms with Gasteiger partial charge in [-0.1, -0.05) is 6.92 Å². The lowest BCUT2D eigenvalue weighted by Gasteiger charge is -2.11. The lowest BCUT2D eigenvalue weighted by atomic mass is 10.2. The Balaban J connectivity index is 3.02. The Morgan fingerprint density at radius 3 is 2.59 bits per heavy atom. The Morgan fingerprint density at radius 1 is 1.35 bits per heavy atom. The van der Waals surface area contributed by atoms with Crippen LogP contribution in [0.5, 0.6) is 11.5 Å². The van der Waals surface area contributed by atoms with Gasteiger partial charge in [0.15, 0.2) is 11.5 Å². The molecule has 1 N–H and O–H groups in total. The largest absolute Gasteiger partial charge is 0.493 e. The van der Waals surface area contributed by atoms with E-state index in [2.05, 4.69) is 27.9 Å². The number of hydrogen-bond donors (Lipinski definition) is 1. The Labute approximate surface area is 115 Å². The molecule has 0 aliphatic carbocycles. The van der Waals surface area contributed by atoms with Gasteiger partial charge in [-0.15, -0.1) is 0 Å². The third-order valence-electron chi connectivity index (χ3n) is 2.23. The highest BCUT2D eigenvalue weighted by Gasteiger charge is 2.14. The molecule has 0 unspecified atom stereocenters. The summed E-state index contributed by atoms with van der Waals surface area (Å²) in [6, 6.07) is 3.47. The fraction of sp³-hybridized carbons (Fsp3) is 0.417. The van der Waals surface area contributed by atoms with Crippen molar-refractivity contribution in [2.45, 2.75) is 13.3 Å². The molecule has 0 fully saturated rings. The first-order valence-corrected chi connectivity index (χ1v) is 6.41.